The molecular formula is C27H41N3O4. The zero-order valence-corrected chi connectivity index (χ0v) is 20.4. The Hall–Kier alpha value is -1.99. The number of ether oxygens (including phenoxy) is 2. The van der Waals surface area contributed by atoms with Gasteiger partial charge in [0.15, 0.2) is 11.5 Å². The molecule has 5 rings (SSSR count). The molecule has 4 aliphatic rings. The number of nitrogens with zero attached hydrogens (tertiary/aromatic N) is 2. The van der Waals surface area contributed by atoms with E-state index < -0.39 is 0 Å². The maximum atomic E-state index is 12.5. The molecule has 1 amide bonds. The van der Waals surface area contributed by atoms with Crippen molar-refractivity contribution >= 4 is 11.6 Å². The van der Waals surface area contributed by atoms with Gasteiger partial charge < -0.3 is 24.8 Å². The number of aliphatic hydroxyl groups excluding tert-OH is 1. The summed E-state index contributed by atoms with van der Waals surface area (Å²) in [5.41, 5.74) is 1.16. The molecule has 2 aliphatic carbocycles. The Balaban J connectivity index is 0.972. The van der Waals surface area contributed by atoms with Crippen LogP contribution in [0, 0.1) is 11.8 Å². The number of hydrogen-bond donors (Lipinski definition) is 2. The fraction of sp³-hybridized carbons (Fsp3) is 0.741. The Morgan fingerprint density at radius 3 is 2.44 bits per heavy atom. The van der Waals surface area contributed by atoms with Crippen LogP contribution in [0.1, 0.15) is 64.2 Å². The molecule has 0 bridgehead atoms. The van der Waals surface area contributed by atoms with E-state index in [0.717, 1.165) is 87.8 Å². The fourth-order valence-corrected chi connectivity index (χ4v) is 6.23. The Morgan fingerprint density at radius 1 is 0.941 bits per heavy atom. The highest BCUT2D eigenvalue weighted by Crippen LogP contribution is 2.41. The lowest BCUT2D eigenvalue weighted by molar-refractivity contribution is -0.123. The minimum absolute atomic E-state index is 0.146. The van der Waals surface area contributed by atoms with Crippen molar-refractivity contribution in [3.63, 3.8) is 0 Å². The van der Waals surface area contributed by atoms with E-state index in [1.807, 2.05) is 6.07 Å². The molecule has 7 nitrogen and oxygen atoms in total. The third kappa shape index (κ3) is 5.98. The summed E-state index contributed by atoms with van der Waals surface area (Å²) in [6.07, 6.45) is 10.2. The second kappa shape index (κ2) is 11.2. The molecule has 2 heterocycles. The second-order valence-electron chi connectivity index (χ2n) is 10.8. The van der Waals surface area contributed by atoms with Gasteiger partial charge in [0.2, 0.25) is 12.7 Å². The van der Waals surface area contributed by atoms with Gasteiger partial charge in [-0.1, -0.05) is 6.07 Å². The highest BCUT2D eigenvalue weighted by atomic mass is 16.7. The van der Waals surface area contributed by atoms with Gasteiger partial charge in [0.1, 0.15) is 0 Å². The summed E-state index contributed by atoms with van der Waals surface area (Å²) in [5.74, 6) is 3.24. The predicted molar refractivity (Wildman–Crippen MR) is 132 cm³/mol. The smallest absolute Gasteiger partial charge is 0.231 e. The average molecular weight is 472 g/mol. The number of amides is 1. The zero-order valence-electron chi connectivity index (χ0n) is 20.4. The van der Waals surface area contributed by atoms with Crippen LogP contribution in [-0.4, -0.2) is 67.6 Å². The highest BCUT2D eigenvalue weighted by Gasteiger charge is 2.27. The third-order valence-corrected chi connectivity index (χ3v) is 8.44. The van der Waals surface area contributed by atoms with Crippen molar-refractivity contribution in [2.45, 2.75) is 76.4 Å². The van der Waals surface area contributed by atoms with Crippen LogP contribution in [0.15, 0.2) is 18.2 Å². The lowest BCUT2D eigenvalue weighted by atomic mass is 9.83. The highest BCUT2D eigenvalue weighted by molar-refractivity contribution is 5.76. The number of anilines is 1. The number of carbonyl (C=O) groups excluding carboxylic acids is 1. The molecule has 1 aromatic rings. The minimum atomic E-state index is -0.146. The van der Waals surface area contributed by atoms with Gasteiger partial charge in [0, 0.05) is 38.6 Å². The first-order chi connectivity index (χ1) is 16.6. The third-order valence-electron chi connectivity index (χ3n) is 8.44. The van der Waals surface area contributed by atoms with Crippen LogP contribution in [0.25, 0.3) is 0 Å². The van der Waals surface area contributed by atoms with Crippen molar-refractivity contribution in [3.8, 4) is 11.5 Å². The van der Waals surface area contributed by atoms with Gasteiger partial charge in [-0.05, 0) is 88.3 Å². The van der Waals surface area contributed by atoms with Crippen LogP contribution in [0.5, 0.6) is 11.5 Å². The van der Waals surface area contributed by atoms with Gasteiger partial charge in [0.05, 0.1) is 11.8 Å². The Morgan fingerprint density at radius 2 is 1.68 bits per heavy atom. The number of piperazine rings is 1. The van der Waals surface area contributed by atoms with E-state index in [1.165, 1.54) is 25.8 Å². The topological polar surface area (TPSA) is 74.3 Å². The number of benzene rings is 1. The first-order valence-electron chi connectivity index (χ1n) is 13.5. The molecule has 2 aliphatic heterocycles. The maximum absolute atomic E-state index is 12.5. The minimum Gasteiger partial charge on any atom is -0.454 e. The number of hydrogen-bond acceptors (Lipinski definition) is 6. The molecule has 2 N–H and O–H groups in total. The van der Waals surface area contributed by atoms with Crippen LogP contribution in [0.4, 0.5) is 5.69 Å². The van der Waals surface area contributed by atoms with Crippen LogP contribution in [-0.2, 0) is 4.79 Å². The van der Waals surface area contributed by atoms with E-state index in [4.69, 9.17) is 9.47 Å². The van der Waals surface area contributed by atoms with Crippen LogP contribution in [0.3, 0.4) is 0 Å². The Labute approximate surface area is 203 Å². The van der Waals surface area contributed by atoms with Crippen molar-refractivity contribution in [2.75, 3.05) is 44.4 Å². The molecule has 1 saturated heterocycles. The summed E-state index contributed by atoms with van der Waals surface area (Å²) in [4.78, 5) is 17.5. The molecule has 3 fully saturated rings. The molecular weight excluding hydrogens is 430 g/mol. The van der Waals surface area contributed by atoms with Gasteiger partial charge in [-0.3, -0.25) is 9.69 Å². The standard InChI is InChI=1S/C27H41N3O4/c31-23-10-6-21(7-11-23)18-26(32)28-22-8-4-20(5-9-22)12-13-29-14-16-30(17-15-29)24-2-1-3-25-27(24)34-19-33-25/h1-3,20-23,31H,4-19H2,(H,28,32). The van der Waals surface area contributed by atoms with Crippen molar-refractivity contribution in [2.24, 2.45) is 11.8 Å². The monoisotopic (exact) mass is 471 g/mol. The average Bonchev–Trinajstić information content (AvgIpc) is 3.35. The summed E-state index contributed by atoms with van der Waals surface area (Å²) in [5, 5.41) is 13.0. The molecule has 0 atom stereocenters. The summed E-state index contributed by atoms with van der Waals surface area (Å²) in [6, 6.07) is 6.53. The van der Waals surface area contributed by atoms with Gasteiger partial charge in [-0.2, -0.15) is 0 Å². The first kappa shape index (κ1) is 23.7. The van der Waals surface area contributed by atoms with E-state index in [9.17, 15) is 9.90 Å². The Kier molecular flexibility index (Phi) is 7.80. The van der Waals surface area contributed by atoms with Crippen molar-refractivity contribution in [3.05, 3.63) is 18.2 Å². The van der Waals surface area contributed by atoms with E-state index in [2.05, 4.69) is 27.2 Å². The number of fused-ring (bicyclic) bond motifs is 1. The SMILES string of the molecule is O=C(CC1CCC(O)CC1)NC1CCC(CCN2CCN(c3cccc4c3OCO4)CC2)CC1. The summed E-state index contributed by atoms with van der Waals surface area (Å²) >= 11 is 0. The molecule has 1 aromatic carbocycles. The normalized spacial score (nSPS) is 29.7. The number of nitrogens with one attached hydrogen (secondary N) is 1. The van der Waals surface area contributed by atoms with E-state index in [-0.39, 0.29) is 12.0 Å². The summed E-state index contributed by atoms with van der Waals surface area (Å²) in [7, 11) is 0. The van der Waals surface area contributed by atoms with Gasteiger partial charge in [-0.15, -0.1) is 0 Å². The molecule has 0 spiro atoms. The quantitative estimate of drug-likeness (QED) is 0.634. The summed E-state index contributed by atoms with van der Waals surface area (Å²) in [6.45, 7) is 5.73. The van der Waals surface area contributed by atoms with Gasteiger partial charge >= 0.3 is 0 Å². The lowest BCUT2D eigenvalue weighted by Crippen LogP contribution is -2.47. The van der Waals surface area contributed by atoms with Crippen molar-refractivity contribution < 1.29 is 19.4 Å². The number of carbonyl (C=O) groups is 1. The molecule has 34 heavy (non-hydrogen) atoms. The second-order valence-corrected chi connectivity index (χ2v) is 10.8. The van der Waals surface area contributed by atoms with Crippen LogP contribution in [0.2, 0.25) is 0 Å². The van der Waals surface area contributed by atoms with Crippen molar-refractivity contribution in [1.82, 2.24) is 10.2 Å². The molecule has 0 aromatic heterocycles. The van der Waals surface area contributed by atoms with E-state index >= 15 is 0 Å². The summed E-state index contributed by atoms with van der Waals surface area (Å²) < 4.78 is 11.2. The molecule has 7 heteroatoms. The molecule has 0 unspecified atom stereocenters. The molecule has 2 saturated carbocycles. The van der Waals surface area contributed by atoms with E-state index in [1.54, 1.807) is 0 Å². The molecule has 188 valence electrons. The van der Waals surface area contributed by atoms with E-state index in [0.29, 0.717) is 25.2 Å². The van der Waals surface area contributed by atoms with Crippen molar-refractivity contribution in [1.29, 1.82) is 0 Å². The van der Waals surface area contributed by atoms with Gasteiger partial charge in [0.25, 0.3) is 0 Å². The largest absolute Gasteiger partial charge is 0.454 e. The first-order valence-corrected chi connectivity index (χ1v) is 13.5. The molecule has 0 radical (unpaired) electrons. The maximum Gasteiger partial charge on any atom is 0.231 e. The zero-order chi connectivity index (χ0) is 23.3. The predicted octanol–water partition coefficient (Wildman–Crippen LogP) is 3.54. The lowest BCUT2D eigenvalue weighted by Gasteiger charge is -2.37. The number of rotatable bonds is 7. The van der Waals surface area contributed by atoms with Crippen LogP contribution >= 0.6 is 0 Å². The number of para-hydroxylation sites is 1. The number of aliphatic hydroxyl groups is 1. The Bertz CT molecular complexity index is 810. The fourth-order valence-electron chi connectivity index (χ4n) is 6.23. The van der Waals surface area contributed by atoms with Crippen LogP contribution < -0.4 is 19.7 Å². The van der Waals surface area contributed by atoms with Gasteiger partial charge in [-0.25, -0.2) is 0 Å².